The number of carbonyl (C=O) groups is 2. The Morgan fingerprint density at radius 1 is 1.13 bits per heavy atom. The highest BCUT2D eigenvalue weighted by atomic mass is 32.1. The molecule has 0 unspecified atom stereocenters. The van der Waals surface area contributed by atoms with Gasteiger partial charge < -0.3 is 14.5 Å². The van der Waals surface area contributed by atoms with Crippen molar-refractivity contribution < 1.29 is 19.2 Å². The Kier molecular flexibility index (Phi) is 8.73. The number of rotatable bonds is 9. The number of hydrogen-bond acceptors (Lipinski definition) is 7. The van der Waals surface area contributed by atoms with E-state index in [1.807, 2.05) is 43.0 Å². The fourth-order valence-corrected chi connectivity index (χ4v) is 5.38. The summed E-state index contributed by atoms with van der Waals surface area (Å²) in [5.74, 6) is 0.843. The summed E-state index contributed by atoms with van der Waals surface area (Å²) in [5, 5.41) is 13.5. The topological polar surface area (TPSA) is 106 Å². The zero-order valence-corrected chi connectivity index (χ0v) is 22.6. The maximum atomic E-state index is 12.9. The minimum absolute atomic E-state index is 0.0178. The van der Waals surface area contributed by atoms with Gasteiger partial charge in [0.1, 0.15) is 11.4 Å². The Morgan fingerprint density at radius 2 is 1.79 bits per heavy atom. The SMILES string of the molecule is CC(C)Oc1ccc(C(=O)N2CCC(c3nc(C(=O)N(C)CCc4ccc([N+](=O)[O-])cc4)cs3)CC2)cc1. The average molecular weight is 537 g/mol. The second-order valence-electron chi connectivity index (χ2n) is 9.73. The first-order valence-corrected chi connectivity index (χ1v) is 13.6. The van der Waals surface area contributed by atoms with Gasteiger partial charge in [-0.05, 0) is 62.9 Å². The molecule has 200 valence electrons. The van der Waals surface area contributed by atoms with Crippen molar-refractivity contribution >= 4 is 28.8 Å². The van der Waals surface area contributed by atoms with Crippen LogP contribution < -0.4 is 4.74 Å². The van der Waals surface area contributed by atoms with Crippen LogP contribution in [0.15, 0.2) is 53.9 Å². The lowest BCUT2D eigenvalue weighted by Crippen LogP contribution is -2.37. The van der Waals surface area contributed by atoms with Crippen LogP contribution in [-0.4, -0.2) is 64.3 Å². The van der Waals surface area contributed by atoms with E-state index in [4.69, 9.17) is 4.74 Å². The summed E-state index contributed by atoms with van der Waals surface area (Å²) in [5.41, 5.74) is 2.06. The molecular weight excluding hydrogens is 504 g/mol. The molecule has 0 radical (unpaired) electrons. The molecule has 4 rings (SSSR count). The second-order valence-corrected chi connectivity index (χ2v) is 10.6. The van der Waals surface area contributed by atoms with Gasteiger partial charge in [0.2, 0.25) is 0 Å². The van der Waals surface area contributed by atoms with Gasteiger partial charge in [-0.1, -0.05) is 12.1 Å². The number of likely N-dealkylation sites (N-methyl/N-ethyl adjacent to an activating group) is 1. The van der Waals surface area contributed by atoms with Gasteiger partial charge in [0, 0.05) is 55.7 Å². The van der Waals surface area contributed by atoms with E-state index in [0.29, 0.717) is 37.3 Å². The highest BCUT2D eigenvalue weighted by Crippen LogP contribution is 2.31. The van der Waals surface area contributed by atoms with Crippen LogP contribution in [0, 0.1) is 10.1 Å². The molecule has 3 aromatic rings. The maximum absolute atomic E-state index is 12.9. The van der Waals surface area contributed by atoms with Crippen LogP contribution in [0.2, 0.25) is 0 Å². The molecule has 0 aliphatic carbocycles. The van der Waals surface area contributed by atoms with Crippen LogP contribution >= 0.6 is 11.3 Å². The summed E-state index contributed by atoms with van der Waals surface area (Å²) in [4.78, 5) is 44.4. The van der Waals surface area contributed by atoms with Gasteiger partial charge in [0.25, 0.3) is 17.5 Å². The van der Waals surface area contributed by atoms with Gasteiger partial charge in [-0.2, -0.15) is 0 Å². The number of nitrogens with zero attached hydrogens (tertiary/aromatic N) is 4. The first kappa shape index (κ1) is 27.3. The summed E-state index contributed by atoms with van der Waals surface area (Å²) in [6, 6.07) is 13.7. The van der Waals surface area contributed by atoms with Gasteiger partial charge in [0.05, 0.1) is 16.0 Å². The van der Waals surface area contributed by atoms with E-state index in [0.717, 1.165) is 29.2 Å². The van der Waals surface area contributed by atoms with Gasteiger partial charge >= 0.3 is 0 Å². The number of piperidine rings is 1. The molecule has 10 heteroatoms. The molecule has 2 aromatic carbocycles. The van der Waals surface area contributed by atoms with Crippen molar-refractivity contribution in [2.75, 3.05) is 26.7 Å². The second kappa shape index (κ2) is 12.2. The van der Waals surface area contributed by atoms with Crippen molar-refractivity contribution in [3.8, 4) is 5.75 Å². The molecule has 1 saturated heterocycles. The first-order valence-electron chi connectivity index (χ1n) is 12.7. The number of nitro benzene ring substituents is 1. The quantitative estimate of drug-likeness (QED) is 0.276. The Bertz CT molecular complexity index is 1270. The number of amides is 2. The third-order valence-corrected chi connectivity index (χ3v) is 7.58. The average Bonchev–Trinajstić information content (AvgIpc) is 3.42. The molecule has 1 aromatic heterocycles. The Hall–Kier alpha value is -3.79. The summed E-state index contributed by atoms with van der Waals surface area (Å²) < 4.78 is 5.66. The number of carbonyl (C=O) groups excluding carboxylic acids is 2. The van der Waals surface area contributed by atoms with Gasteiger partial charge in [-0.25, -0.2) is 4.98 Å². The fraction of sp³-hybridized carbons (Fsp3) is 0.393. The van der Waals surface area contributed by atoms with Crippen molar-refractivity contribution in [1.82, 2.24) is 14.8 Å². The van der Waals surface area contributed by atoms with E-state index in [-0.39, 0.29) is 29.5 Å². The molecule has 9 nitrogen and oxygen atoms in total. The lowest BCUT2D eigenvalue weighted by molar-refractivity contribution is -0.384. The molecule has 0 spiro atoms. The van der Waals surface area contributed by atoms with E-state index in [1.54, 1.807) is 29.5 Å². The predicted molar refractivity (Wildman–Crippen MR) is 146 cm³/mol. The van der Waals surface area contributed by atoms with E-state index in [2.05, 4.69) is 4.98 Å². The Balaban J connectivity index is 1.27. The number of aromatic nitrogens is 1. The van der Waals surface area contributed by atoms with Crippen molar-refractivity contribution in [2.45, 2.75) is 45.1 Å². The van der Waals surface area contributed by atoms with Crippen LogP contribution in [-0.2, 0) is 6.42 Å². The van der Waals surface area contributed by atoms with Crippen LogP contribution in [0.25, 0.3) is 0 Å². The summed E-state index contributed by atoms with van der Waals surface area (Å²) >= 11 is 1.49. The standard InChI is InChI=1S/C28H32N4O5S/c1-19(2)37-24-10-6-22(7-11-24)27(33)31-16-13-21(14-17-31)26-29-25(18-38-26)28(34)30(3)15-12-20-4-8-23(9-5-20)32(35)36/h4-11,18-19,21H,12-17H2,1-3H3. The summed E-state index contributed by atoms with van der Waals surface area (Å²) in [6.45, 7) is 5.70. The maximum Gasteiger partial charge on any atom is 0.273 e. The zero-order valence-electron chi connectivity index (χ0n) is 21.8. The lowest BCUT2D eigenvalue weighted by Gasteiger charge is -2.31. The molecule has 2 heterocycles. The molecule has 1 fully saturated rings. The highest BCUT2D eigenvalue weighted by molar-refractivity contribution is 7.09. The van der Waals surface area contributed by atoms with E-state index in [1.165, 1.54) is 23.5 Å². The Morgan fingerprint density at radius 3 is 2.39 bits per heavy atom. The third-order valence-electron chi connectivity index (χ3n) is 6.58. The lowest BCUT2D eigenvalue weighted by atomic mass is 9.97. The third kappa shape index (κ3) is 6.74. The largest absolute Gasteiger partial charge is 0.491 e. The monoisotopic (exact) mass is 536 g/mol. The number of hydrogen-bond donors (Lipinski definition) is 0. The number of ether oxygens (including phenoxy) is 1. The highest BCUT2D eigenvalue weighted by Gasteiger charge is 2.27. The minimum Gasteiger partial charge on any atom is -0.491 e. The zero-order chi connectivity index (χ0) is 27.2. The molecule has 0 atom stereocenters. The molecule has 0 bridgehead atoms. The van der Waals surface area contributed by atoms with Crippen molar-refractivity contribution in [3.63, 3.8) is 0 Å². The van der Waals surface area contributed by atoms with E-state index < -0.39 is 4.92 Å². The van der Waals surface area contributed by atoms with Gasteiger partial charge in [-0.15, -0.1) is 11.3 Å². The molecule has 38 heavy (non-hydrogen) atoms. The molecule has 1 aliphatic heterocycles. The molecular formula is C28H32N4O5S. The number of benzene rings is 2. The number of likely N-dealkylation sites (tertiary alicyclic amines) is 1. The van der Waals surface area contributed by atoms with Crippen LogP contribution in [0.5, 0.6) is 5.75 Å². The van der Waals surface area contributed by atoms with E-state index in [9.17, 15) is 19.7 Å². The van der Waals surface area contributed by atoms with Crippen LogP contribution in [0.3, 0.4) is 0 Å². The number of non-ortho nitro benzene ring substituents is 1. The van der Waals surface area contributed by atoms with Crippen molar-refractivity contribution in [1.29, 1.82) is 0 Å². The predicted octanol–water partition coefficient (Wildman–Crippen LogP) is 5.17. The van der Waals surface area contributed by atoms with Crippen LogP contribution in [0.4, 0.5) is 5.69 Å². The van der Waals surface area contributed by atoms with Crippen molar-refractivity contribution in [2.24, 2.45) is 0 Å². The summed E-state index contributed by atoms with van der Waals surface area (Å²) in [6.07, 6.45) is 2.28. The van der Waals surface area contributed by atoms with Gasteiger partial charge in [0.15, 0.2) is 0 Å². The normalized spacial score (nSPS) is 13.9. The smallest absolute Gasteiger partial charge is 0.273 e. The minimum atomic E-state index is -0.427. The van der Waals surface area contributed by atoms with E-state index >= 15 is 0 Å². The molecule has 2 amide bonds. The molecule has 0 N–H and O–H groups in total. The Labute approximate surface area is 226 Å². The van der Waals surface area contributed by atoms with Gasteiger partial charge in [-0.3, -0.25) is 19.7 Å². The first-order chi connectivity index (χ1) is 18.2. The number of thiazole rings is 1. The van der Waals surface area contributed by atoms with Crippen LogP contribution in [0.1, 0.15) is 64.0 Å². The molecule has 1 aliphatic rings. The fourth-order valence-electron chi connectivity index (χ4n) is 4.41. The molecule has 0 saturated carbocycles. The summed E-state index contributed by atoms with van der Waals surface area (Å²) in [7, 11) is 1.73. The number of nitro groups is 1. The van der Waals surface area contributed by atoms with Crippen molar-refractivity contribution in [3.05, 3.63) is 85.9 Å².